The van der Waals surface area contributed by atoms with Crippen LogP contribution >= 0.6 is 0 Å². The van der Waals surface area contributed by atoms with E-state index < -0.39 is 11.6 Å². The van der Waals surface area contributed by atoms with Crippen LogP contribution < -0.4 is 0 Å². The second-order valence-corrected chi connectivity index (χ2v) is 29.6. The van der Waals surface area contributed by atoms with Gasteiger partial charge >= 0.3 is 0 Å². The van der Waals surface area contributed by atoms with Gasteiger partial charge in [0, 0.05) is 120 Å². The number of ether oxygens (including phenoxy) is 1. The van der Waals surface area contributed by atoms with Crippen LogP contribution in [0.1, 0.15) is 147 Å². The molecule has 16 aromatic rings. The monoisotopic (exact) mass is 1560 g/mol. The molecule has 0 amide bonds. The van der Waals surface area contributed by atoms with Crippen molar-refractivity contribution in [1.29, 1.82) is 0 Å². The van der Waals surface area contributed by atoms with Crippen molar-refractivity contribution < 1.29 is 50.3 Å². The van der Waals surface area contributed by atoms with E-state index in [1.165, 1.54) is 29.8 Å². The SMILES string of the molecule is CCCCCn1cc(C(=O)c2cccc3ccccc23)c2cccc(F)c21.CCCc1ccc(C(=O)c2cn(CCCCCF)c3cccc(F)c23)c2ccccc12.O=C(c1cccc2ccccc12)c1cn(CCCCCF)c2cccc(F)c12.O=C(c1cccc2ccccc12)c1cn(CCN2CCOCC2)c2cccc(F)c12. The van der Waals surface area contributed by atoms with Crippen LogP contribution in [0.5, 0.6) is 0 Å². The second kappa shape index (κ2) is 38.0. The third kappa shape index (κ3) is 17.5. The summed E-state index contributed by atoms with van der Waals surface area (Å²) < 4.78 is 96.9. The minimum Gasteiger partial charge on any atom is -0.379 e. The Kier molecular flexibility index (Phi) is 26.4. The lowest BCUT2D eigenvalue weighted by Gasteiger charge is -2.26. The number of benzene rings is 12. The summed E-state index contributed by atoms with van der Waals surface area (Å²) in [5, 5.41) is 9.45. The predicted octanol–water partition coefficient (Wildman–Crippen LogP) is 24.4. The van der Waals surface area contributed by atoms with E-state index in [1.807, 2.05) is 213 Å². The van der Waals surface area contributed by atoms with Crippen molar-refractivity contribution in [3.05, 3.63) is 335 Å². The first-order valence-electron chi connectivity index (χ1n) is 40.4. The predicted molar refractivity (Wildman–Crippen MR) is 458 cm³/mol. The molecule has 590 valence electrons. The van der Waals surface area contributed by atoms with Crippen LogP contribution in [0.25, 0.3) is 86.7 Å². The molecule has 4 aromatic heterocycles. The van der Waals surface area contributed by atoms with Gasteiger partial charge in [0.1, 0.15) is 23.3 Å². The number of unbranched alkanes of at least 4 members (excludes halogenated alkanes) is 6. The number of para-hydroxylation sites is 1. The smallest absolute Gasteiger partial charge is 0.195 e. The van der Waals surface area contributed by atoms with Crippen LogP contribution in [-0.2, 0) is 37.3 Å². The summed E-state index contributed by atoms with van der Waals surface area (Å²) in [6.07, 6.45) is 16.4. The average molecular weight is 1560 g/mol. The topological polar surface area (TPSA) is 100 Å². The number of rotatable bonds is 27. The molecule has 1 aliphatic rings. The van der Waals surface area contributed by atoms with E-state index in [0.717, 1.165) is 139 Å². The number of morpholine rings is 1. The number of nitrogens with zero attached hydrogens (tertiary/aromatic N) is 5. The Hall–Kier alpha value is -12.0. The molecule has 0 aliphatic carbocycles. The number of hydrogen-bond acceptors (Lipinski definition) is 6. The molecule has 0 bridgehead atoms. The molecular weight excluding hydrogens is 1470 g/mol. The number of aryl methyl sites for hydroxylation is 4. The Bertz CT molecular complexity index is 6210. The highest BCUT2D eigenvalue weighted by Gasteiger charge is 2.27. The maximum absolute atomic E-state index is 14.9. The molecule has 0 saturated carbocycles. The number of carbonyl (C=O) groups is 4. The second-order valence-electron chi connectivity index (χ2n) is 29.6. The van der Waals surface area contributed by atoms with E-state index in [1.54, 1.807) is 42.7 Å². The van der Waals surface area contributed by atoms with Crippen molar-refractivity contribution >= 4 is 110 Å². The molecule has 0 spiro atoms. The molecule has 0 radical (unpaired) electrons. The summed E-state index contributed by atoms with van der Waals surface area (Å²) in [5.41, 5.74) is 8.06. The van der Waals surface area contributed by atoms with E-state index in [4.69, 9.17) is 4.74 Å². The molecule has 1 saturated heterocycles. The van der Waals surface area contributed by atoms with Gasteiger partial charge in [0.15, 0.2) is 23.1 Å². The highest BCUT2D eigenvalue weighted by molar-refractivity contribution is 6.25. The molecular formula is C100H93F6N5O5. The Morgan fingerprint density at radius 1 is 0.310 bits per heavy atom. The fourth-order valence-corrected chi connectivity index (χ4v) is 16.3. The third-order valence-corrected chi connectivity index (χ3v) is 22.1. The Morgan fingerprint density at radius 3 is 1.13 bits per heavy atom. The van der Waals surface area contributed by atoms with Gasteiger partial charge in [-0.15, -0.1) is 0 Å². The number of fused-ring (bicyclic) bond motifs is 8. The number of halogens is 6. The molecule has 16 heteroatoms. The Balaban J connectivity index is 0.000000128. The van der Waals surface area contributed by atoms with Gasteiger partial charge in [-0.3, -0.25) is 32.9 Å². The molecule has 1 fully saturated rings. The lowest BCUT2D eigenvalue weighted by molar-refractivity contribution is 0.0365. The van der Waals surface area contributed by atoms with E-state index in [-0.39, 0.29) is 48.1 Å². The molecule has 0 unspecified atom stereocenters. The summed E-state index contributed by atoms with van der Waals surface area (Å²) in [6.45, 7) is 10.4. The van der Waals surface area contributed by atoms with Crippen molar-refractivity contribution in [2.45, 2.75) is 111 Å². The Morgan fingerprint density at radius 2 is 0.672 bits per heavy atom. The van der Waals surface area contributed by atoms with Crippen LogP contribution in [0.3, 0.4) is 0 Å². The van der Waals surface area contributed by atoms with E-state index in [9.17, 15) is 45.5 Å². The van der Waals surface area contributed by atoms with Crippen LogP contribution in [0.4, 0.5) is 26.3 Å². The molecule has 1 aliphatic heterocycles. The molecule has 0 N–H and O–H groups in total. The summed E-state index contributed by atoms with van der Waals surface area (Å²) in [4.78, 5) is 56.3. The molecule has 116 heavy (non-hydrogen) atoms. The summed E-state index contributed by atoms with van der Waals surface area (Å²) >= 11 is 0. The minimum atomic E-state index is -0.399. The third-order valence-electron chi connectivity index (χ3n) is 22.1. The zero-order chi connectivity index (χ0) is 80.6. The normalized spacial score (nSPS) is 12.3. The summed E-state index contributed by atoms with van der Waals surface area (Å²) in [5.74, 6) is -1.99. The molecule has 5 heterocycles. The van der Waals surface area contributed by atoms with E-state index >= 15 is 0 Å². The first-order chi connectivity index (χ1) is 56.8. The summed E-state index contributed by atoms with van der Waals surface area (Å²) in [6, 6.07) is 72.0. The van der Waals surface area contributed by atoms with Crippen LogP contribution in [0.15, 0.2) is 261 Å². The Labute approximate surface area is 671 Å². The number of hydrogen-bond donors (Lipinski definition) is 0. The van der Waals surface area contributed by atoms with Crippen LogP contribution in [-0.4, -0.2) is 92.5 Å². The van der Waals surface area contributed by atoms with Crippen molar-refractivity contribution in [3.63, 3.8) is 0 Å². The fraction of sp³-hybridized carbons (Fsp3) is 0.240. The average Bonchev–Trinajstić information content (AvgIpc) is 1.59. The maximum Gasteiger partial charge on any atom is 0.195 e. The minimum absolute atomic E-state index is 0.0587. The van der Waals surface area contributed by atoms with Gasteiger partial charge in [0.2, 0.25) is 0 Å². The van der Waals surface area contributed by atoms with Gasteiger partial charge in [-0.05, 0) is 142 Å². The van der Waals surface area contributed by atoms with Gasteiger partial charge < -0.3 is 23.0 Å². The highest BCUT2D eigenvalue weighted by atomic mass is 19.1. The number of carbonyl (C=O) groups excluding carboxylic acids is 4. The lowest BCUT2D eigenvalue weighted by atomic mass is 9.93. The van der Waals surface area contributed by atoms with Gasteiger partial charge in [-0.1, -0.05) is 227 Å². The van der Waals surface area contributed by atoms with Crippen LogP contribution in [0.2, 0.25) is 0 Å². The molecule has 12 aromatic carbocycles. The summed E-state index contributed by atoms with van der Waals surface area (Å²) in [7, 11) is 0. The maximum atomic E-state index is 14.9. The zero-order valence-electron chi connectivity index (χ0n) is 65.4. The molecule has 10 nitrogen and oxygen atoms in total. The van der Waals surface area contributed by atoms with E-state index in [0.29, 0.717) is 122 Å². The van der Waals surface area contributed by atoms with Crippen molar-refractivity contribution in [3.8, 4) is 0 Å². The first-order valence-corrected chi connectivity index (χ1v) is 40.4. The lowest BCUT2D eigenvalue weighted by Crippen LogP contribution is -2.38. The number of aromatic nitrogens is 4. The number of ketones is 4. The van der Waals surface area contributed by atoms with Gasteiger partial charge in [-0.25, -0.2) is 17.6 Å². The van der Waals surface area contributed by atoms with Gasteiger partial charge in [-0.2, -0.15) is 0 Å². The van der Waals surface area contributed by atoms with Crippen molar-refractivity contribution in [2.24, 2.45) is 0 Å². The highest BCUT2D eigenvalue weighted by Crippen LogP contribution is 2.36. The first kappa shape index (κ1) is 80.6. The van der Waals surface area contributed by atoms with Gasteiger partial charge in [0.25, 0.3) is 0 Å². The quantitative estimate of drug-likeness (QED) is 0.0289. The zero-order valence-corrected chi connectivity index (χ0v) is 65.4. The van der Waals surface area contributed by atoms with Gasteiger partial charge in [0.05, 0.1) is 65.3 Å². The van der Waals surface area contributed by atoms with Crippen molar-refractivity contribution in [2.75, 3.05) is 46.2 Å². The fourth-order valence-electron chi connectivity index (χ4n) is 16.3. The molecule has 17 rings (SSSR count). The van der Waals surface area contributed by atoms with Crippen LogP contribution in [0, 0.1) is 23.3 Å². The van der Waals surface area contributed by atoms with Crippen molar-refractivity contribution in [1.82, 2.24) is 23.2 Å². The largest absolute Gasteiger partial charge is 0.379 e. The molecule has 0 atom stereocenters. The standard InChI is InChI=1S/C27H27F2NO.C25H23FN2O2.C24H21F2NO.C24H22FNO/c1-2-9-19-14-15-22(21-11-5-4-10-20(19)21)27(31)23-18-30(17-7-3-6-16-28)25-13-8-12-24(29)26(23)25;26-22-9-4-10-23-24(22)21(17-28(23)12-11-27-13-15-30-16-14-27)25(29)20-8-3-6-18-5-1-2-7-19(18)20;25-14-4-1-5-15-27-16-20(23-21(26)12-7-13-22(23)27)24(28)19-11-6-9-17-8-2-3-10-18(17)19;1-2-3-6-15-26-16-21(19-12-8-14-22(25)23(19)26)24(27)20-13-7-10-17-9-4-5-11-18(17)20/h4-5,8,10-15,18H,2-3,6-7,9,16-17H2,1H3;1-10,17H,11-16H2;2-3,6-13,16H,1,4-5,14-15H2;4-5,7-14,16H,2-3,6,15H2,1H3. The van der Waals surface area contributed by atoms with E-state index in [2.05, 4.69) is 18.7 Å². The number of alkyl halides is 2.